The summed E-state index contributed by atoms with van der Waals surface area (Å²) in [5.41, 5.74) is 3.65. The zero-order chi connectivity index (χ0) is 43.8. The minimum Gasteiger partial charge on any atom is -0.465 e. The molecule has 320 valence electrons. The highest BCUT2D eigenvalue weighted by atomic mass is 19.1. The average molecular weight is 850 g/mol. The molecule has 0 saturated carbocycles. The van der Waals surface area contributed by atoms with Gasteiger partial charge in [0.2, 0.25) is 0 Å². The number of nitrogens with one attached hydrogen (secondary N) is 3. The van der Waals surface area contributed by atoms with Crippen molar-refractivity contribution in [3.8, 4) is 0 Å². The third-order valence-corrected chi connectivity index (χ3v) is 9.13. The normalized spacial score (nSPS) is 11.1. The first-order valence-corrected chi connectivity index (χ1v) is 18.3. The van der Waals surface area contributed by atoms with Crippen molar-refractivity contribution in [3.05, 3.63) is 153 Å². The Morgan fingerprint density at radius 2 is 1.11 bits per heavy atom. The van der Waals surface area contributed by atoms with Gasteiger partial charge in [0.15, 0.2) is 5.69 Å². The highest BCUT2D eigenvalue weighted by Gasteiger charge is 2.21. The van der Waals surface area contributed by atoms with Crippen molar-refractivity contribution in [1.82, 2.24) is 55.1 Å². The van der Waals surface area contributed by atoms with E-state index in [1.807, 2.05) is 0 Å². The van der Waals surface area contributed by atoms with Crippen LogP contribution in [-0.2, 0) is 22.6 Å². The van der Waals surface area contributed by atoms with Crippen molar-refractivity contribution in [2.75, 3.05) is 14.2 Å². The predicted octanol–water partition coefficient (Wildman–Crippen LogP) is 4.70. The molecular weight excluding hydrogens is 809 g/mol. The molecule has 0 radical (unpaired) electrons. The molecule has 0 bridgehead atoms. The molecule has 4 aromatic heterocycles. The monoisotopic (exact) mass is 849 g/mol. The molecule has 4 heterocycles. The molecule has 7 rings (SSSR count). The summed E-state index contributed by atoms with van der Waals surface area (Å²) < 4.78 is 38.6. The summed E-state index contributed by atoms with van der Waals surface area (Å²) in [5.74, 6) is -3.09. The molecule has 0 unspecified atom stereocenters. The topological polar surface area (TPSA) is 226 Å². The Morgan fingerprint density at radius 3 is 1.58 bits per heavy atom. The number of hydrogen-bond acceptors (Lipinski definition) is 13. The van der Waals surface area contributed by atoms with E-state index in [1.165, 1.54) is 60.2 Å². The number of nitrogens with zero attached hydrogens (tertiary/aromatic N) is 8. The van der Waals surface area contributed by atoms with E-state index < -0.39 is 35.7 Å². The lowest BCUT2D eigenvalue weighted by Gasteiger charge is -2.15. The molecule has 3 aromatic carbocycles. The van der Waals surface area contributed by atoms with Gasteiger partial charge in [0.1, 0.15) is 41.4 Å². The SMILES string of the molecule is C.COC(=O)c1cc(C(=O)NCc2ccc(F)c(C)c2)nc2ncnn12.COC(=O)c1ccc([C@H](C)NC(=O)c2cc(C(=O)NCc3ccc(F)c(C)c3)nc3ncnn23)cc1. The fourth-order valence-corrected chi connectivity index (χ4v) is 5.83. The first kappa shape index (κ1) is 45.1. The quantitative estimate of drug-likeness (QED) is 0.150. The van der Waals surface area contributed by atoms with Gasteiger partial charge in [0.25, 0.3) is 29.3 Å². The summed E-state index contributed by atoms with van der Waals surface area (Å²) in [6.45, 7) is 5.40. The molecule has 3 amide bonds. The summed E-state index contributed by atoms with van der Waals surface area (Å²) >= 11 is 0. The first-order valence-electron chi connectivity index (χ1n) is 18.3. The average Bonchev–Trinajstić information content (AvgIpc) is 3.96. The third-order valence-electron chi connectivity index (χ3n) is 9.13. The van der Waals surface area contributed by atoms with E-state index in [9.17, 15) is 32.8 Å². The molecule has 3 N–H and O–H groups in total. The van der Waals surface area contributed by atoms with Crippen molar-refractivity contribution in [2.24, 2.45) is 0 Å². The molecule has 0 aliphatic rings. The second kappa shape index (κ2) is 19.8. The second-order valence-corrected chi connectivity index (χ2v) is 13.3. The third kappa shape index (κ3) is 10.4. The number of methoxy groups -OCH3 is 2. The van der Waals surface area contributed by atoms with Crippen LogP contribution >= 0.6 is 0 Å². The molecule has 7 aromatic rings. The lowest BCUT2D eigenvalue weighted by Crippen LogP contribution is -2.30. The molecule has 0 aliphatic heterocycles. The fourth-order valence-electron chi connectivity index (χ4n) is 5.83. The number of carbonyl (C=O) groups is 5. The Morgan fingerprint density at radius 1 is 0.645 bits per heavy atom. The maximum Gasteiger partial charge on any atom is 0.356 e. The number of ether oxygens (including phenoxy) is 2. The number of aromatic nitrogens is 8. The van der Waals surface area contributed by atoms with Gasteiger partial charge in [-0.05, 0) is 72.9 Å². The maximum absolute atomic E-state index is 13.5. The minimum absolute atomic E-state index is 0. The number of carbonyl (C=O) groups excluding carboxylic acids is 5. The molecule has 0 fully saturated rings. The van der Waals surface area contributed by atoms with E-state index in [0.29, 0.717) is 16.7 Å². The van der Waals surface area contributed by atoms with Gasteiger partial charge in [-0.25, -0.2) is 28.3 Å². The highest BCUT2D eigenvalue weighted by Crippen LogP contribution is 2.17. The van der Waals surface area contributed by atoms with E-state index in [-0.39, 0.29) is 66.5 Å². The molecule has 62 heavy (non-hydrogen) atoms. The van der Waals surface area contributed by atoms with Crippen LogP contribution in [-0.4, -0.2) is 83.0 Å². The summed E-state index contributed by atoms with van der Waals surface area (Å²) in [4.78, 5) is 77.9. The number of benzene rings is 3. The molecule has 1 atom stereocenters. The smallest absolute Gasteiger partial charge is 0.356 e. The number of fused-ring (bicyclic) bond motifs is 2. The van der Waals surface area contributed by atoms with E-state index in [4.69, 9.17) is 4.74 Å². The highest BCUT2D eigenvalue weighted by molar-refractivity contribution is 5.98. The summed E-state index contributed by atoms with van der Waals surface area (Å²) in [6, 6.07) is 17.9. The van der Waals surface area contributed by atoms with Crippen LogP contribution in [0.2, 0.25) is 0 Å². The number of aryl methyl sites for hydroxylation is 2. The van der Waals surface area contributed by atoms with Gasteiger partial charge >= 0.3 is 11.9 Å². The van der Waals surface area contributed by atoms with Crippen LogP contribution in [0, 0.1) is 25.5 Å². The Kier molecular flexibility index (Phi) is 14.4. The van der Waals surface area contributed by atoms with E-state index in [1.54, 1.807) is 69.3 Å². The van der Waals surface area contributed by atoms with Gasteiger partial charge in [-0.3, -0.25) is 14.4 Å². The van der Waals surface area contributed by atoms with E-state index in [0.717, 1.165) is 16.7 Å². The van der Waals surface area contributed by atoms with Crippen molar-refractivity contribution in [1.29, 1.82) is 0 Å². The standard InChI is InChI=1S/C25H23FN6O4.C16H14FN5O3.CH4/c1-14-10-16(4-9-19(14)26)12-27-22(33)20-11-21(32-25(31-20)28-13-29-32)23(34)30-15(2)17-5-7-18(8-6-17)24(35)36-3;1-9-5-10(3-4-11(9)17)7-18-14(23)12-6-13(15(24)25-2)22-16(21-12)19-8-20-22;/h4-11,13,15H,12H2,1-3H3,(H,27,33)(H,30,34);3-6,8H,7H2,1-2H3,(H,18,23);1H4/t15-;;/m0../s1. The van der Waals surface area contributed by atoms with Crippen LogP contribution in [0.25, 0.3) is 11.6 Å². The number of halogens is 2. The van der Waals surface area contributed by atoms with Crippen LogP contribution in [0.1, 0.15) is 101 Å². The van der Waals surface area contributed by atoms with Crippen molar-refractivity contribution < 1.29 is 42.2 Å². The lowest BCUT2D eigenvalue weighted by molar-refractivity contribution is 0.0585. The van der Waals surface area contributed by atoms with Crippen molar-refractivity contribution >= 4 is 41.2 Å². The first-order chi connectivity index (χ1) is 29.3. The molecule has 0 aliphatic carbocycles. The zero-order valence-corrected chi connectivity index (χ0v) is 33.3. The summed E-state index contributed by atoms with van der Waals surface area (Å²) in [7, 11) is 2.53. The van der Waals surface area contributed by atoms with Crippen molar-refractivity contribution in [3.63, 3.8) is 0 Å². The Bertz CT molecular complexity index is 2790. The largest absolute Gasteiger partial charge is 0.465 e. The van der Waals surface area contributed by atoms with Crippen LogP contribution in [0.3, 0.4) is 0 Å². The van der Waals surface area contributed by atoms with Gasteiger partial charge in [0.05, 0.1) is 25.8 Å². The van der Waals surface area contributed by atoms with Crippen molar-refractivity contribution in [2.45, 2.75) is 47.3 Å². The van der Waals surface area contributed by atoms with Crippen LogP contribution < -0.4 is 16.0 Å². The lowest BCUT2D eigenvalue weighted by atomic mass is 10.1. The Labute approximate surface area is 352 Å². The molecule has 0 spiro atoms. The molecule has 20 heteroatoms. The fraction of sp³-hybridized carbons (Fsp3) is 0.214. The Hall–Kier alpha value is -8.03. The molecular formula is C42H41F2N11O7. The van der Waals surface area contributed by atoms with Gasteiger partial charge in [-0.1, -0.05) is 43.8 Å². The van der Waals surface area contributed by atoms with Crippen LogP contribution in [0.15, 0.2) is 85.5 Å². The van der Waals surface area contributed by atoms with Gasteiger partial charge < -0.3 is 25.4 Å². The van der Waals surface area contributed by atoms with Gasteiger partial charge in [0, 0.05) is 25.2 Å². The second-order valence-electron chi connectivity index (χ2n) is 13.3. The Balaban J connectivity index is 0.000000245. The van der Waals surface area contributed by atoms with Crippen LogP contribution in [0.4, 0.5) is 8.78 Å². The maximum atomic E-state index is 13.5. The van der Waals surface area contributed by atoms with E-state index in [2.05, 4.69) is 50.8 Å². The summed E-state index contributed by atoms with van der Waals surface area (Å²) in [5, 5.41) is 16.2. The zero-order valence-electron chi connectivity index (χ0n) is 33.3. The van der Waals surface area contributed by atoms with E-state index >= 15 is 0 Å². The molecule has 0 saturated heterocycles. The molecule has 18 nitrogen and oxygen atoms in total. The number of amides is 3. The number of esters is 2. The number of rotatable bonds is 11. The van der Waals surface area contributed by atoms with Gasteiger partial charge in [-0.15, -0.1) is 0 Å². The summed E-state index contributed by atoms with van der Waals surface area (Å²) in [6.07, 6.45) is 2.45. The number of hydrogen-bond donors (Lipinski definition) is 3. The van der Waals surface area contributed by atoms with Crippen LogP contribution in [0.5, 0.6) is 0 Å². The predicted molar refractivity (Wildman–Crippen MR) is 218 cm³/mol. The van der Waals surface area contributed by atoms with Gasteiger partial charge in [-0.2, -0.15) is 29.2 Å². The minimum atomic E-state index is -0.666.